The minimum atomic E-state index is -0.851. The lowest BCUT2D eigenvalue weighted by Crippen LogP contribution is -2.29. The van der Waals surface area contributed by atoms with Crippen LogP contribution in [0.1, 0.15) is 43.4 Å². The number of ether oxygens (including phenoxy) is 1. The fourth-order valence-electron chi connectivity index (χ4n) is 3.40. The van der Waals surface area contributed by atoms with Gasteiger partial charge >= 0.3 is 0 Å². The van der Waals surface area contributed by atoms with Gasteiger partial charge in [0.25, 0.3) is 5.69 Å². The monoisotopic (exact) mass is 409 g/mol. The minimum Gasteiger partial charge on any atom is -0.505 e. The molecular formula is C22H23N3O5. The van der Waals surface area contributed by atoms with E-state index in [2.05, 4.69) is 10.3 Å². The maximum absolute atomic E-state index is 12.6. The van der Waals surface area contributed by atoms with Gasteiger partial charge in [0.2, 0.25) is 5.91 Å². The fourth-order valence-corrected chi connectivity index (χ4v) is 3.40. The molecule has 1 aromatic heterocycles. The molecule has 0 aliphatic heterocycles. The van der Waals surface area contributed by atoms with Gasteiger partial charge in [0.1, 0.15) is 17.0 Å². The summed E-state index contributed by atoms with van der Waals surface area (Å²) in [5, 5.41) is 25.8. The van der Waals surface area contributed by atoms with Gasteiger partial charge in [-0.05, 0) is 24.6 Å². The zero-order valence-corrected chi connectivity index (χ0v) is 16.8. The second-order valence-corrected chi connectivity index (χ2v) is 6.84. The van der Waals surface area contributed by atoms with Gasteiger partial charge in [0.05, 0.1) is 23.5 Å². The molecule has 0 aliphatic rings. The Labute approximate surface area is 173 Å². The third kappa shape index (κ3) is 4.17. The molecule has 2 aromatic carbocycles. The van der Waals surface area contributed by atoms with E-state index in [4.69, 9.17) is 4.74 Å². The van der Waals surface area contributed by atoms with Crippen molar-refractivity contribution in [1.29, 1.82) is 0 Å². The standard InChI is InChI=1S/C22H23N3O5/c1-3-4-11-19(26)24-20(15-8-5-6-10-18(15)30-2)16-13-17(25(28)29)14-9-7-12-23-21(14)22(16)27/h5-10,12-13,20,27H,3-4,11H2,1-2H3,(H,24,26). The number of hydrogen-bond donors (Lipinski definition) is 2. The number of phenolic OH excluding ortho intramolecular Hbond substituents is 1. The third-order valence-corrected chi connectivity index (χ3v) is 4.89. The second kappa shape index (κ2) is 9.21. The third-order valence-electron chi connectivity index (χ3n) is 4.89. The van der Waals surface area contributed by atoms with Crippen LogP contribution >= 0.6 is 0 Å². The number of fused-ring (bicyclic) bond motifs is 1. The van der Waals surface area contributed by atoms with Crippen LogP contribution in [0.5, 0.6) is 11.5 Å². The van der Waals surface area contributed by atoms with Crippen molar-refractivity contribution in [3.05, 3.63) is 69.9 Å². The number of hydrogen-bond acceptors (Lipinski definition) is 6. The smallest absolute Gasteiger partial charge is 0.279 e. The molecule has 1 amide bonds. The number of nitrogens with zero attached hydrogens (tertiary/aromatic N) is 2. The Balaban J connectivity index is 2.23. The number of carbonyl (C=O) groups is 1. The van der Waals surface area contributed by atoms with Crippen LogP contribution in [-0.4, -0.2) is 28.0 Å². The number of pyridine rings is 1. The second-order valence-electron chi connectivity index (χ2n) is 6.84. The van der Waals surface area contributed by atoms with Gasteiger partial charge < -0.3 is 15.2 Å². The van der Waals surface area contributed by atoms with Gasteiger partial charge in [-0.15, -0.1) is 0 Å². The lowest BCUT2D eigenvalue weighted by molar-refractivity contribution is -0.383. The molecule has 1 atom stereocenters. The number of phenols is 1. The number of aromatic hydroxyl groups is 1. The number of carbonyl (C=O) groups excluding carboxylic acids is 1. The first kappa shape index (κ1) is 21.0. The van der Waals surface area contributed by atoms with Crippen molar-refractivity contribution >= 4 is 22.5 Å². The molecule has 0 aliphatic carbocycles. The highest BCUT2D eigenvalue weighted by molar-refractivity contribution is 5.94. The Bertz CT molecular complexity index is 1080. The number of non-ortho nitro benzene ring substituents is 1. The molecule has 8 nitrogen and oxygen atoms in total. The number of methoxy groups -OCH3 is 1. The van der Waals surface area contributed by atoms with E-state index in [1.54, 1.807) is 30.3 Å². The van der Waals surface area contributed by atoms with E-state index in [9.17, 15) is 20.0 Å². The van der Waals surface area contributed by atoms with Crippen LogP contribution in [0, 0.1) is 10.1 Å². The Morgan fingerprint density at radius 2 is 2.03 bits per heavy atom. The van der Waals surface area contributed by atoms with Gasteiger partial charge in [-0.1, -0.05) is 31.5 Å². The number of amides is 1. The van der Waals surface area contributed by atoms with Gasteiger partial charge in [-0.3, -0.25) is 19.9 Å². The highest BCUT2D eigenvalue weighted by Gasteiger charge is 2.28. The van der Waals surface area contributed by atoms with Gasteiger partial charge in [0, 0.05) is 29.8 Å². The molecule has 0 bridgehead atoms. The summed E-state index contributed by atoms with van der Waals surface area (Å²) in [5.74, 6) is 0.0419. The lowest BCUT2D eigenvalue weighted by Gasteiger charge is -2.23. The van der Waals surface area contributed by atoms with Crippen LogP contribution in [0.3, 0.4) is 0 Å². The van der Waals surface area contributed by atoms with Crippen molar-refractivity contribution in [2.24, 2.45) is 0 Å². The quantitative estimate of drug-likeness (QED) is 0.424. The molecule has 1 heterocycles. The normalized spacial score (nSPS) is 11.8. The Morgan fingerprint density at radius 3 is 2.73 bits per heavy atom. The van der Waals surface area contributed by atoms with E-state index in [1.807, 2.05) is 6.92 Å². The highest BCUT2D eigenvalue weighted by Crippen LogP contribution is 2.41. The van der Waals surface area contributed by atoms with Gasteiger partial charge in [0.15, 0.2) is 0 Å². The molecule has 1 unspecified atom stereocenters. The molecule has 156 valence electrons. The molecule has 3 aromatic rings. The summed E-state index contributed by atoms with van der Waals surface area (Å²) < 4.78 is 5.43. The number of para-hydroxylation sites is 1. The predicted octanol–water partition coefficient (Wildman–Crippen LogP) is 4.25. The van der Waals surface area contributed by atoms with Crippen LogP contribution in [-0.2, 0) is 4.79 Å². The minimum absolute atomic E-state index is 0.101. The molecule has 0 fully saturated rings. The maximum atomic E-state index is 12.6. The van der Waals surface area contributed by atoms with Crippen LogP contribution in [0.4, 0.5) is 5.69 Å². The zero-order valence-electron chi connectivity index (χ0n) is 16.8. The first-order valence-electron chi connectivity index (χ1n) is 9.65. The van der Waals surface area contributed by atoms with Gasteiger partial charge in [-0.2, -0.15) is 0 Å². The summed E-state index contributed by atoms with van der Waals surface area (Å²) in [6.07, 6.45) is 3.31. The summed E-state index contributed by atoms with van der Waals surface area (Å²) in [7, 11) is 1.50. The summed E-state index contributed by atoms with van der Waals surface area (Å²) in [5.41, 5.74) is 0.657. The average molecular weight is 409 g/mol. The number of benzene rings is 2. The number of nitro benzene ring substituents is 1. The largest absolute Gasteiger partial charge is 0.505 e. The van der Waals surface area contributed by atoms with Crippen molar-refractivity contribution in [3.63, 3.8) is 0 Å². The first-order valence-corrected chi connectivity index (χ1v) is 9.65. The van der Waals surface area contributed by atoms with Crippen LogP contribution in [0.15, 0.2) is 48.7 Å². The fraction of sp³-hybridized carbons (Fsp3) is 0.273. The highest BCUT2D eigenvalue weighted by atomic mass is 16.6. The van der Waals surface area contributed by atoms with E-state index < -0.39 is 11.0 Å². The molecule has 0 saturated carbocycles. The van der Waals surface area contributed by atoms with E-state index in [1.165, 1.54) is 25.4 Å². The number of unbranched alkanes of at least 4 members (excludes halogenated alkanes) is 1. The molecule has 0 saturated heterocycles. The van der Waals surface area contributed by atoms with Crippen molar-refractivity contribution in [2.75, 3.05) is 7.11 Å². The number of rotatable bonds is 8. The zero-order chi connectivity index (χ0) is 21.7. The Morgan fingerprint density at radius 1 is 1.27 bits per heavy atom. The molecule has 8 heteroatoms. The first-order chi connectivity index (χ1) is 14.5. The number of nitrogens with one attached hydrogen (secondary N) is 1. The van der Waals surface area contributed by atoms with Crippen molar-refractivity contribution in [1.82, 2.24) is 10.3 Å². The van der Waals surface area contributed by atoms with E-state index in [0.717, 1.165) is 6.42 Å². The molecular weight excluding hydrogens is 386 g/mol. The molecule has 0 radical (unpaired) electrons. The topological polar surface area (TPSA) is 115 Å². The van der Waals surface area contributed by atoms with Crippen LogP contribution in [0.2, 0.25) is 0 Å². The summed E-state index contributed by atoms with van der Waals surface area (Å²) >= 11 is 0. The predicted molar refractivity (Wildman–Crippen MR) is 113 cm³/mol. The van der Waals surface area contributed by atoms with Crippen molar-refractivity contribution in [2.45, 2.75) is 32.2 Å². The average Bonchev–Trinajstić information content (AvgIpc) is 2.76. The van der Waals surface area contributed by atoms with Crippen LogP contribution < -0.4 is 10.1 Å². The summed E-state index contributed by atoms with van der Waals surface area (Å²) in [6.45, 7) is 1.98. The van der Waals surface area contributed by atoms with Crippen molar-refractivity contribution < 1.29 is 19.6 Å². The number of aromatic nitrogens is 1. The van der Waals surface area contributed by atoms with E-state index in [0.29, 0.717) is 24.2 Å². The van der Waals surface area contributed by atoms with E-state index in [-0.39, 0.29) is 33.8 Å². The molecule has 3 rings (SSSR count). The lowest BCUT2D eigenvalue weighted by atomic mass is 9.94. The molecule has 0 spiro atoms. The summed E-state index contributed by atoms with van der Waals surface area (Å²) in [4.78, 5) is 27.9. The Kier molecular flexibility index (Phi) is 6.46. The van der Waals surface area contributed by atoms with Crippen molar-refractivity contribution in [3.8, 4) is 11.5 Å². The van der Waals surface area contributed by atoms with Crippen LogP contribution in [0.25, 0.3) is 10.9 Å². The van der Waals surface area contributed by atoms with E-state index >= 15 is 0 Å². The number of nitro groups is 1. The van der Waals surface area contributed by atoms with Gasteiger partial charge in [-0.25, -0.2) is 0 Å². The maximum Gasteiger partial charge on any atom is 0.279 e. The SMILES string of the molecule is CCCCC(=O)NC(c1ccccc1OC)c1cc([N+](=O)[O-])c2cccnc2c1O. The molecule has 2 N–H and O–H groups in total. The molecule has 30 heavy (non-hydrogen) atoms. The Hall–Kier alpha value is -3.68. The summed E-state index contributed by atoms with van der Waals surface area (Å²) in [6, 6.07) is 10.6.